The fraction of sp³-hybridized carbons (Fsp3) is 0.146. The molecule has 206 valence electrons. The van der Waals surface area contributed by atoms with E-state index in [1.807, 2.05) is 6.20 Å². The zero-order chi connectivity index (χ0) is 29.1. The van der Waals surface area contributed by atoms with Gasteiger partial charge in [-0.3, -0.25) is 4.57 Å². The van der Waals surface area contributed by atoms with Crippen molar-refractivity contribution in [1.82, 2.24) is 9.55 Å². The van der Waals surface area contributed by atoms with E-state index in [4.69, 9.17) is 4.98 Å². The van der Waals surface area contributed by atoms with E-state index < -0.39 is 0 Å². The minimum Gasteiger partial charge on any atom is -0.294 e. The molecular weight excluding hydrogens is 520 g/mol. The molecule has 2 heteroatoms. The minimum absolute atomic E-state index is 0.0151. The lowest BCUT2D eigenvalue weighted by Crippen LogP contribution is -2.18. The number of fused-ring (bicyclic) bond motifs is 9. The molecule has 5 aromatic carbocycles. The van der Waals surface area contributed by atoms with Gasteiger partial charge in [0, 0.05) is 27.8 Å². The number of benzene rings is 5. The first kappa shape index (κ1) is 24.6. The fourth-order valence-electron chi connectivity index (χ4n) is 7.99. The zero-order valence-electron chi connectivity index (χ0n) is 24.9. The SMILES string of the molecule is CC1(C)c2ccccc2-c2cc3c(cc21)C(C)(C)c1cc2c(cc1-3)c1ccccc1n2-c1cc(-c2ccccc2)ccn1. The number of aromatic nitrogens is 2. The summed E-state index contributed by atoms with van der Waals surface area (Å²) in [4.78, 5) is 4.92. The lowest BCUT2D eigenvalue weighted by molar-refractivity contribution is 0.639. The second kappa shape index (κ2) is 8.33. The van der Waals surface area contributed by atoms with Crippen molar-refractivity contribution >= 4 is 21.8 Å². The van der Waals surface area contributed by atoms with Crippen LogP contribution < -0.4 is 0 Å². The molecule has 0 amide bonds. The van der Waals surface area contributed by atoms with Crippen LogP contribution in [0.5, 0.6) is 0 Å². The highest BCUT2D eigenvalue weighted by atomic mass is 15.1. The first-order valence-electron chi connectivity index (χ1n) is 15.2. The predicted molar refractivity (Wildman–Crippen MR) is 179 cm³/mol. The van der Waals surface area contributed by atoms with Gasteiger partial charge in [-0.15, -0.1) is 0 Å². The van der Waals surface area contributed by atoms with E-state index in [2.05, 4.69) is 148 Å². The molecule has 0 N–H and O–H groups in total. The summed E-state index contributed by atoms with van der Waals surface area (Å²) in [6, 6.07) is 42.5. The summed E-state index contributed by atoms with van der Waals surface area (Å²) in [5, 5.41) is 2.53. The van der Waals surface area contributed by atoms with Gasteiger partial charge in [0.1, 0.15) is 5.82 Å². The maximum atomic E-state index is 4.92. The van der Waals surface area contributed by atoms with Crippen molar-refractivity contribution in [1.29, 1.82) is 0 Å². The average molecular weight is 553 g/mol. The highest BCUT2D eigenvalue weighted by Gasteiger charge is 2.42. The van der Waals surface area contributed by atoms with E-state index in [0.717, 1.165) is 5.82 Å². The van der Waals surface area contributed by atoms with Crippen LogP contribution in [0.3, 0.4) is 0 Å². The Labute approximate surface area is 252 Å². The number of pyridine rings is 1. The third kappa shape index (κ3) is 3.21. The van der Waals surface area contributed by atoms with Crippen molar-refractivity contribution in [2.45, 2.75) is 38.5 Å². The molecule has 2 aliphatic rings. The fourth-order valence-corrected chi connectivity index (χ4v) is 7.99. The van der Waals surface area contributed by atoms with Crippen LogP contribution in [0.2, 0.25) is 0 Å². The Hall–Kier alpha value is -4.95. The summed E-state index contributed by atoms with van der Waals surface area (Å²) in [5.41, 5.74) is 15.8. The summed E-state index contributed by atoms with van der Waals surface area (Å²) in [5.74, 6) is 0.943. The molecule has 2 aromatic heterocycles. The second-order valence-corrected chi connectivity index (χ2v) is 13.3. The molecule has 0 radical (unpaired) electrons. The van der Waals surface area contributed by atoms with E-state index in [1.165, 1.54) is 77.4 Å². The molecule has 0 saturated carbocycles. The quantitative estimate of drug-likeness (QED) is 0.209. The van der Waals surface area contributed by atoms with Crippen molar-refractivity contribution in [2.24, 2.45) is 0 Å². The van der Waals surface area contributed by atoms with E-state index in [9.17, 15) is 0 Å². The van der Waals surface area contributed by atoms with Crippen molar-refractivity contribution in [3.05, 3.63) is 144 Å². The largest absolute Gasteiger partial charge is 0.294 e. The third-order valence-corrected chi connectivity index (χ3v) is 10.3. The maximum absolute atomic E-state index is 4.92. The van der Waals surface area contributed by atoms with Crippen LogP contribution in [0.15, 0.2) is 121 Å². The Morgan fingerprint density at radius 3 is 1.95 bits per heavy atom. The number of rotatable bonds is 2. The van der Waals surface area contributed by atoms with Gasteiger partial charge in [-0.1, -0.05) is 107 Å². The normalized spacial score (nSPS) is 15.3. The number of para-hydroxylation sites is 1. The first-order valence-corrected chi connectivity index (χ1v) is 15.2. The van der Waals surface area contributed by atoms with Crippen LogP contribution in [0.1, 0.15) is 49.9 Å². The van der Waals surface area contributed by atoms with Crippen molar-refractivity contribution in [3.63, 3.8) is 0 Å². The molecule has 2 nitrogen and oxygen atoms in total. The molecule has 43 heavy (non-hydrogen) atoms. The number of nitrogens with zero attached hydrogens (tertiary/aromatic N) is 2. The van der Waals surface area contributed by atoms with Gasteiger partial charge in [0.25, 0.3) is 0 Å². The average Bonchev–Trinajstić information content (AvgIpc) is 3.56. The van der Waals surface area contributed by atoms with Crippen LogP contribution in [0, 0.1) is 0 Å². The molecule has 0 fully saturated rings. The monoisotopic (exact) mass is 552 g/mol. The van der Waals surface area contributed by atoms with Gasteiger partial charge in [-0.05, 0) is 92.0 Å². The highest BCUT2D eigenvalue weighted by Crippen LogP contribution is 2.56. The topological polar surface area (TPSA) is 17.8 Å². The lowest BCUT2D eigenvalue weighted by Gasteiger charge is -2.26. The zero-order valence-corrected chi connectivity index (χ0v) is 24.9. The minimum atomic E-state index is -0.126. The van der Waals surface area contributed by atoms with Gasteiger partial charge >= 0.3 is 0 Å². The molecule has 0 spiro atoms. The third-order valence-electron chi connectivity index (χ3n) is 10.3. The summed E-state index contributed by atoms with van der Waals surface area (Å²) >= 11 is 0. The predicted octanol–water partition coefficient (Wildman–Crippen LogP) is 10.5. The molecule has 0 saturated heterocycles. The molecule has 2 aliphatic carbocycles. The van der Waals surface area contributed by atoms with Crippen molar-refractivity contribution in [2.75, 3.05) is 0 Å². The Kier molecular flexibility index (Phi) is 4.77. The maximum Gasteiger partial charge on any atom is 0.138 e. The van der Waals surface area contributed by atoms with Crippen molar-refractivity contribution in [3.8, 4) is 39.2 Å². The number of hydrogen-bond acceptors (Lipinski definition) is 1. The van der Waals surface area contributed by atoms with E-state index >= 15 is 0 Å². The highest BCUT2D eigenvalue weighted by molar-refractivity contribution is 6.11. The van der Waals surface area contributed by atoms with E-state index in [-0.39, 0.29) is 10.8 Å². The van der Waals surface area contributed by atoms with Gasteiger partial charge in [0.15, 0.2) is 0 Å². The molecule has 0 unspecified atom stereocenters. The van der Waals surface area contributed by atoms with E-state index in [1.54, 1.807) is 0 Å². The standard InChI is InChI=1S/C41H32N2/c1-40(2)33-16-10-8-14-27(33)29-21-30-31-22-32-28-15-9-11-17-37(28)43(38(32)24-36(31)41(3,4)35(30)23-34(29)40)39-20-26(18-19-42-39)25-12-6-5-7-13-25/h5-24H,1-4H3. The molecule has 0 bridgehead atoms. The lowest BCUT2D eigenvalue weighted by atomic mass is 9.77. The van der Waals surface area contributed by atoms with Gasteiger partial charge in [0.05, 0.1) is 11.0 Å². The van der Waals surface area contributed by atoms with Crippen LogP contribution in [0.25, 0.3) is 61.0 Å². The second-order valence-electron chi connectivity index (χ2n) is 13.3. The Balaban J connectivity index is 1.31. The Morgan fingerprint density at radius 1 is 0.465 bits per heavy atom. The van der Waals surface area contributed by atoms with Crippen LogP contribution in [0.4, 0.5) is 0 Å². The molecular formula is C41H32N2. The molecule has 0 atom stereocenters. The molecule has 9 rings (SSSR count). The van der Waals surface area contributed by atoms with Crippen molar-refractivity contribution < 1.29 is 0 Å². The molecule has 0 aliphatic heterocycles. The molecule has 2 heterocycles. The smallest absolute Gasteiger partial charge is 0.138 e. The summed E-state index contributed by atoms with van der Waals surface area (Å²) < 4.78 is 2.36. The summed E-state index contributed by atoms with van der Waals surface area (Å²) in [6.45, 7) is 9.54. The van der Waals surface area contributed by atoms with Gasteiger partial charge in [0.2, 0.25) is 0 Å². The van der Waals surface area contributed by atoms with E-state index in [0.29, 0.717) is 0 Å². The van der Waals surface area contributed by atoms with Gasteiger partial charge in [-0.25, -0.2) is 4.98 Å². The Bertz CT molecular complexity index is 2280. The summed E-state index contributed by atoms with van der Waals surface area (Å²) in [7, 11) is 0. The van der Waals surface area contributed by atoms with Gasteiger partial charge < -0.3 is 0 Å². The Morgan fingerprint density at radius 2 is 1.12 bits per heavy atom. The van der Waals surface area contributed by atoms with Crippen LogP contribution in [-0.4, -0.2) is 9.55 Å². The van der Waals surface area contributed by atoms with Crippen LogP contribution in [-0.2, 0) is 10.8 Å². The van der Waals surface area contributed by atoms with Crippen LogP contribution >= 0.6 is 0 Å². The molecule has 7 aromatic rings. The summed E-state index contributed by atoms with van der Waals surface area (Å²) in [6.07, 6.45) is 1.94. The van der Waals surface area contributed by atoms with Gasteiger partial charge in [-0.2, -0.15) is 0 Å². The number of hydrogen-bond donors (Lipinski definition) is 0. The first-order chi connectivity index (χ1) is 20.8.